The quantitative estimate of drug-likeness (QED) is 0.641. The SMILES string of the molecule is CC(C)(C)OC=O.C[C@@H]1C=CC(=O)N1. The van der Waals surface area contributed by atoms with Gasteiger partial charge in [-0.1, -0.05) is 6.08 Å². The predicted molar refractivity (Wildman–Crippen MR) is 53.6 cm³/mol. The van der Waals surface area contributed by atoms with Crippen molar-refractivity contribution in [3.8, 4) is 0 Å². The van der Waals surface area contributed by atoms with Gasteiger partial charge in [0.1, 0.15) is 5.60 Å². The van der Waals surface area contributed by atoms with Crippen molar-refractivity contribution >= 4 is 12.4 Å². The van der Waals surface area contributed by atoms with Crippen molar-refractivity contribution in [2.45, 2.75) is 39.3 Å². The van der Waals surface area contributed by atoms with Crippen LogP contribution in [-0.4, -0.2) is 24.0 Å². The Morgan fingerprint density at radius 3 is 2.14 bits per heavy atom. The fourth-order valence-electron chi connectivity index (χ4n) is 0.697. The van der Waals surface area contributed by atoms with Gasteiger partial charge in [-0.05, 0) is 27.7 Å². The highest BCUT2D eigenvalue weighted by atomic mass is 16.5. The third-order valence-corrected chi connectivity index (χ3v) is 1.31. The summed E-state index contributed by atoms with van der Waals surface area (Å²) in [5, 5.41) is 2.67. The van der Waals surface area contributed by atoms with E-state index in [9.17, 15) is 9.59 Å². The van der Waals surface area contributed by atoms with E-state index in [-0.39, 0.29) is 17.6 Å². The van der Waals surface area contributed by atoms with Gasteiger partial charge in [-0.3, -0.25) is 9.59 Å². The summed E-state index contributed by atoms with van der Waals surface area (Å²) in [6, 6.07) is 0.243. The lowest BCUT2D eigenvalue weighted by atomic mass is 10.2. The first-order valence-electron chi connectivity index (χ1n) is 4.45. The van der Waals surface area contributed by atoms with Gasteiger partial charge in [0, 0.05) is 12.1 Å². The van der Waals surface area contributed by atoms with E-state index >= 15 is 0 Å². The second kappa shape index (κ2) is 5.42. The van der Waals surface area contributed by atoms with E-state index in [1.165, 1.54) is 0 Å². The molecule has 0 aromatic carbocycles. The zero-order valence-corrected chi connectivity index (χ0v) is 9.03. The normalized spacial score (nSPS) is 19.4. The lowest BCUT2D eigenvalue weighted by Crippen LogP contribution is -2.22. The molecule has 0 fully saturated rings. The lowest BCUT2D eigenvalue weighted by molar-refractivity contribution is -0.138. The van der Waals surface area contributed by atoms with E-state index in [4.69, 9.17) is 0 Å². The summed E-state index contributed by atoms with van der Waals surface area (Å²) in [5.74, 6) is 0.0208. The molecule has 0 saturated heterocycles. The molecule has 0 aromatic heterocycles. The van der Waals surface area contributed by atoms with Crippen molar-refractivity contribution < 1.29 is 14.3 Å². The molecule has 0 radical (unpaired) electrons. The fraction of sp³-hybridized carbons (Fsp3) is 0.600. The Morgan fingerprint density at radius 2 is 2.07 bits per heavy atom. The van der Waals surface area contributed by atoms with Gasteiger partial charge in [0.15, 0.2) is 0 Å². The zero-order chi connectivity index (χ0) is 11.2. The monoisotopic (exact) mass is 199 g/mol. The highest BCUT2D eigenvalue weighted by Crippen LogP contribution is 2.02. The van der Waals surface area contributed by atoms with Crippen molar-refractivity contribution in [1.29, 1.82) is 0 Å². The van der Waals surface area contributed by atoms with Crippen molar-refractivity contribution in [3.05, 3.63) is 12.2 Å². The molecule has 1 N–H and O–H groups in total. The minimum Gasteiger partial charge on any atom is -0.462 e. The van der Waals surface area contributed by atoms with E-state index < -0.39 is 0 Å². The maximum Gasteiger partial charge on any atom is 0.293 e. The summed E-state index contributed by atoms with van der Waals surface area (Å²) in [6.45, 7) is 7.85. The van der Waals surface area contributed by atoms with Crippen LogP contribution in [0.2, 0.25) is 0 Å². The van der Waals surface area contributed by atoms with Crippen molar-refractivity contribution in [2.75, 3.05) is 0 Å². The second-order valence-corrected chi connectivity index (χ2v) is 3.98. The van der Waals surface area contributed by atoms with E-state index in [1.54, 1.807) is 6.08 Å². The minimum atomic E-state index is -0.318. The van der Waals surface area contributed by atoms with Crippen molar-refractivity contribution in [1.82, 2.24) is 5.32 Å². The average Bonchev–Trinajstić information content (AvgIpc) is 2.33. The summed E-state index contributed by atoms with van der Waals surface area (Å²) in [5.41, 5.74) is -0.318. The van der Waals surface area contributed by atoms with Crippen LogP contribution < -0.4 is 5.32 Å². The molecule has 1 amide bonds. The molecule has 1 aliphatic heterocycles. The van der Waals surface area contributed by atoms with Gasteiger partial charge in [-0.15, -0.1) is 0 Å². The molecule has 0 saturated carbocycles. The largest absolute Gasteiger partial charge is 0.462 e. The molecule has 4 nitrogen and oxygen atoms in total. The van der Waals surface area contributed by atoms with Crippen LogP contribution in [0.5, 0.6) is 0 Å². The van der Waals surface area contributed by atoms with Crippen LogP contribution in [0.3, 0.4) is 0 Å². The number of nitrogens with one attached hydrogen (secondary N) is 1. The molecule has 4 heteroatoms. The van der Waals surface area contributed by atoms with Gasteiger partial charge in [-0.25, -0.2) is 0 Å². The maximum absolute atomic E-state index is 10.3. The van der Waals surface area contributed by atoms with Gasteiger partial charge >= 0.3 is 0 Å². The summed E-state index contributed by atoms with van der Waals surface area (Å²) >= 11 is 0. The van der Waals surface area contributed by atoms with E-state index in [1.807, 2.05) is 33.8 Å². The average molecular weight is 199 g/mol. The first kappa shape index (κ1) is 12.7. The van der Waals surface area contributed by atoms with Crippen LogP contribution in [0, 0.1) is 0 Å². The Balaban J connectivity index is 0.000000241. The van der Waals surface area contributed by atoms with Crippen LogP contribution in [0.4, 0.5) is 0 Å². The molecule has 1 rings (SSSR count). The van der Waals surface area contributed by atoms with Crippen LogP contribution in [0.1, 0.15) is 27.7 Å². The summed E-state index contributed by atoms with van der Waals surface area (Å²) in [6.07, 6.45) is 3.38. The van der Waals surface area contributed by atoms with E-state index in [2.05, 4.69) is 10.1 Å². The van der Waals surface area contributed by atoms with Crippen molar-refractivity contribution in [2.24, 2.45) is 0 Å². The molecular weight excluding hydrogens is 182 g/mol. The molecule has 0 aromatic rings. The van der Waals surface area contributed by atoms with Gasteiger partial charge in [0.25, 0.3) is 6.47 Å². The Kier molecular flexibility index (Phi) is 4.91. The molecule has 1 heterocycles. The molecule has 0 bridgehead atoms. The smallest absolute Gasteiger partial charge is 0.293 e. The third kappa shape index (κ3) is 7.34. The lowest BCUT2D eigenvalue weighted by Gasteiger charge is -2.14. The fourth-order valence-corrected chi connectivity index (χ4v) is 0.697. The summed E-state index contributed by atoms with van der Waals surface area (Å²) in [7, 11) is 0. The van der Waals surface area contributed by atoms with Gasteiger partial charge in [0.05, 0.1) is 0 Å². The van der Waals surface area contributed by atoms with Crippen LogP contribution in [0.15, 0.2) is 12.2 Å². The topological polar surface area (TPSA) is 55.4 Å². The first-order chi connectivity index (χ1) is 6.35. The maximum atomic E-state index is 10.3. The molecule has 0 aliphatic carbocycles. The second-order valence-electron chi connectivity index (χ2n) is 3.98. The van der Waals surface area contributed by atoms with Crippen LogP contribution in [-0.2, 0) is 14.3 Å². The molecule has 0 unspecified atom stereocenters. The van der Waals surface area contributed by atoms with Gasteiger partial charge in [-0.2, -0.15) is 0 Å². The Morgan fingerprint density at radius 1 is 1.50 bits per heavy atom. The molecule has 0 spiro atoms. The third-order valence-electron chi connectivity index (χ3n) is 1.31. The van der Waals surface area contributed by atoms with E-state index in [0.29, 0.717) is 6.47 Å². The first-order valence-corrected chi connectivity index (χ1v) is 4.45. The standard InChI is InChI=1S/C5H7NO.C5H10O2/c1-4-2-3-5(7)6-4;1-5(2,3)7-4-6/h2-4H,1H3,(H,6,7);4H,1-3H3/t4-;/m1./s1. The van der Waals surface area contributed by atoms with Crippen LogP contribution >= 0.6 is 0 Å². The zero-order valence-electron chi connectivity index (χ0n) is 9.03. The highest BCUT2D eigenvalue weighted by Gasteiger charge is 2.07. The Labute approximate surface area is 84.3 Å². The molecular formula is C10H17NO3. The molecule has 1 aliphatic rings. The summed E-state index contributed by atoms with van der Waals surface area (Å²) in [4.78, 5) is 19.9. The van der Waals surface area contributed by atoms with Crippen LogP contribution in [0.25, 0.3) is 0 Å². The number of carbonyl (C=O) groups excluding carboxylic acids is 2. The minimum absolute atomic E-state index is 0.0208. The van der Waals surface area contributed by atoms with Gasteiger partial charge < -0.3 is 10.1 Å². The number of amides is 1. The van der Waals surface area contributed by atoms with Crippen molar-refractivity contribution in [3.63, 3.8) is 0 Å². The number of hydrogen-bond donors (Lipinski definition) is 1. The number of carbonyl (C=O) groups is 2. The molecule has 80 valence electrons. The number of hydrogen-bond acceptors (Lipinski definition) is 3. The number of rotatable bonds is 1. The Bertz CT molecular complexity index is 228. The molecule has 14 heavy (non-hydrogen) atoms. The summed E-state index contributed by atoms with van der Waals surface area (Å²) < 4.78 is 4.55. The van der Waals surface area contributed by atoms with E-state index in [0.717, 1.165) is 0 Å². The predicted octanol–water partition coefficient (Wildman–Crippen LogP) is 1.02. The Hall–Kier alpha value is -1.32. The molecule has 1 atom stereocenters. The highest BCUT2D eigenvalue weighted by molar-refractivity contribution is 5.90. The number of ether oxygens (including phenoxy) is 1. The van der Waals surface area contributed by atoms with Gasteiger partial charge in [0.2, 0.25) is 5.91 Å².